The van der Waals surface area contributed by atoms with E-state index in [2.05, 4.69) is 47.1 Å². The first-order valence-electron chi connectivity index (χ1n) is 14.6. The number of hydrogen-bond acceptors (Lipinski definition) is 10. The maximum atomic E-state index is 14.7. The van der Waals surface area contributed by atoms with E-state index >= 15 is 0 Å². The Morgan fingerprint density at radius 2 is 1.78 bits per heavy atom. The molecule has 1 unspecified atom stereocenters. The van der Waals surface area contributed by atoms with Crippen molar-refractivity contribution in [1.29, 1.82) is 0 Å². The summed E-state index contributed by atoms with van der Waals surface area (Å²) in [5.74, 6) is -1.19. The zero-order chi connectivity index (χ0) is 32.7. The lowest BCUT2D eigenvalue weighted by Crippen LogP contribution is -2.59. The number of carbonyl (C=O) groups excluding carboxylic acids is 1. The second-order valence-electron chi connectivity index (χ2n) is 11.4. The van der Waals surface area contributed by atoms with E-state index in [4.69, 9.17) is 11.6 Å². The third-order valence-electron chi connectivity index (χ3n) is 8.63. The number of β-amino-alcohol motifs (C(OH)–C–C–N with tert-alkyl or cyclic N) is 2. The molecule has 12 nitrogen and oxygen atoms in total. The van der Waals surface area contributed by atoms with Gasteiger partial charge in [-0.3, -0.25) is 19.4 Å². The number of anilines is 2. The number of halogens is 4. The number of aromatic nitrogens is 6. The van der Waals surface area contributed by atoms with E-state index in [0.717, 1.165) is 43.1 Å². The number of aliphatic hydroxyl groups excluding tert-OH is 2. The molecule has 5 atom stereocenters. The van der Waals surface area contributed by atoms with Crippen LogP contribution in [0.2, 0.25) is 5.02 Å². The molecule has 6 rings (SSSR count). The van der Waals surface area contributed by atoms with Crippen molar-refractivity contribution in [1.82, 2.24) is 34.6 Å². The van der Waals surface area contributed by atoms with Gasteiger partial charge in [0.05, 0.1) is 53.2 Å². The lowest BCUT2D eigenvalue weighted by atomic mass is 9.95. The zero-order valence-corrected chi connectivity index (χ0v) is 25.6. The first-order chi connectivity index (χ1) is 22.0. The van der Waals surface area contributed by atoms with Crippen molar-refractivity contribution >= 4 is 29.1 Å². The molecule has 0 radical (unpaired) electrons. The number of rotatable bonds is 9. The van der Waals surface area contributed by atoms with Gasteiger partial charge in [0.1, 0.15) is 5.69 Å². The van der Waals surface area contributed by atoms with Crippen molar-refractivity contribution in [2.45, 2.75) is 57.0 Å². The zero-order valence-electron chi connectivity index (χ0n) is 24.8. The van der Waals surface area contributed by atoms with Crippen molar-refractivity contribution in [3.8, 4) is 11.3 Å². The fraction of sp³-hybridized carbons (Fsp3) is 0.400. The van der Waals surface area contributed by atoms with Gasteiger partial charge in [0.2, 0.25) is 5.95 Å². The molecule has 1 aromatic carbocycles. The summed E-state index contributed by atoms with van der Waals surface area (Å²) in [6.45, 7) is 5.64. The number of aliphatic hydroxyl groups is 2. The number of carbonyl (C=O) groups is 1. The summed E-state index contributed by atoms with van der Waals surface area (Å²) < 4.78 is 43.5. The van der Waals surface area contributed by atoms with Gasteiger partial charge in [0.15, 0.2) is 5.82 Å². The van der Waals surface area contributed by atoms with Crippen LogP contribution < -0.4 is 10.2 Å². The standard InChI is InChI=1S/C30H31ClF3N9O3/c1-15(17-7-36-30(37-8-17)42-6-5-23(42)16(2)41-13-24(44)25(45)14-41)43-12-18(9-38-43)39-29(46)22-11-35-10-21(40-22)26-19(28(33)34)3-4-20(31)27(26)32/h3-4,7-12,15-16,23-25,28,44-45H,5-6,13-14H2,1-2H3,(H,39,46)/t15?,16-,23+,24-,25+/m1/s1. The lowest BCUT2D eigenvalue weighted by Gasteiger charge is -2.47. The molecule has 2 fully saturated rings. The first kappa shape index (κ1) is 31.8. The van der Waals surface area contributed by atoms with Gasteiger partial charge in [0, 0.05) is 67.0 Å². The molecule has 2 aliphatic rings. The average Bonchev–Trinajstić information content (AvgIpc) is 3.63. The molecule has 5 heterocycles. The first-order valence-corrected chi connectivity index (χ1v) is 15.0. The molecule has 2 saturated heterocycles. The Kier molecular flexibility index (Phi) is 8.92. The van der Waals surface area contributed by atoms with Gasteiger partial charge in [-0.05, 0) is 26.3 Å². The molecule has 46 heavy (non-hydrogen) atoms. The van der Waals surface area contributed by atoms with Gasteiger partial charge in [0.25, 0.3) is 12.3 Å². The van der Waals surface area contributed by atoms with Crippen LogP contribution in [0, 0.1) is 5.82 Å². The number of likely N-dealkylation sites (tertiary alicyclic amines) is 1. The quantitative estimate of drug-likeness (QED) is 0.243. The minimum Gasteiger partial charge on any atom is -0.389 e. The molecule has 242 valence electrons. The number of alkyl halides is 2. The summed E-state index contributed by atoms with van der Waals surface area (Å²) >= 11 is 5.82. The van der Waals surface area contributed by atoms with Crippen LogP contribution in [-0.2, 0) is 0 Å². The molecule has 4 aromatic rings. The third-order valence-corrected chi connectivity index (χ3v) is 8.92. The normalized spacial score (nSPS) is 21.3. The van der Waals surface area contributed by atoms with Crippen molar-refractivity contribution in [2.75, 3.05) is 29.9 Å². The number of hydrogen-bond donors (Lipinski definition) is 3. The van der Waals surface area contributed by atoms with Crippen LogP contribution in [0.25, 0.3) is 11.3 Å². The van der Waals surface area contributed by atoms with Gasteiger partial charge in [-0.25, -0.2) is 28.1 Å². The summed E-state index contributed by atoms with van der Waals surface area (Å²) in [7, 11) is 0. The molecular formula is C30H31ClF3N9O3. The van der Waals surface area contributed by atoms with Crippen molar-refractivity contribution in [3.63, 3.8) is 0 Å². The summed E-state index contributed by atoms with van der Waals surface area (Å²) in [5, 5.41) is 26.5. The van der Waals surface area contributed by atoms with E-state index in [0.29, 0.717) is 24.7 Å². The van der Waals surface area contributed by atoms with E-state index in [1.807, 2.05) is 6.92 Å². The van der Waals surface area contributed by atoms with Crippen LogP contribution in [0.4, 0.5) is 24.8 Å². The number of benzene rings is 1. The van der Waals surface area contributed by atoms with E-state index in [-0.39, 0.29) is 34.5 Å². The molecule has 1 amide bonds. The molecule has 3 aromatic heterocycles. The van der Waals surface area contributed by atoms with Crippen LogP contribution in [-0.4, -0.2) is 94.7 Å². The molecule has 0 aliphatic carbocycles. The predicted molar refractivity (Wildman–Crippen MR) is 162 cm³/mol. The van der Waals surface area contributed by atoms with Crippen LogP contribution >= 0.6 is 11.6 Å². The Balaban J connectivity index is 1.11. The molecule has 0 bridgehead atoms. The molecular weight excluding hydrogens is 627 g/mol. The van der Waals surface area contributed by atoms with Gasteiger partial charge in [-0.2, -0.15) is 5.10 Å². The highest BCUT2D eigenvalue weighted by Gasteiger charge is 2.41. The Morgan fingerprint density at radius 1 is 1.07 bits per heavy atom. The van der Waals surface area contributed by atoms with Gasteiger partial charge in [-0.1, -0.05) is 17.7 Å². The SMILES string of the molecule is CC(c1cnc(N2CC[C@H]2[C@@H](C)N2C[C@@H](O)[C@@H](O)C2)nc1)n1cc(NC(=O)c2cncc(-c3c(C(F)F)ccc(Cl)c3F)n2)cn1. The second kappa shape index (κ2) is 12.9. The maximum absolute atomic E-state index is 14.7. The molecule has 16 heteroatoms. The van der Waals surface area contributed by atoms with Gasteiger partial charge < -0.3 is 20.4 Å². The number of nitrogens with one attached hydrogen (secondary N) is 1. The Hall–Kier alpha value is -4.18. The van der Waals surface area contributed by atoms with Crippen molar-refractivity contribution < 1.29 is 28.2 Å². The van der Waals surface area contributed by atoms with Gasteiger partial charge in [-0.15, -0.1) is 0 Å². The largest absolute Gasteiger partial charge is 0.389 e. The number of amides is 1. The Morgan fingerprint density at radius 3 is 2.43 bits per heavy atom. The van der Waals surface area contributed by atoms with Gasteiger partial charge >= 0.3 is 0 Å². The van der Waals surface area contributed by atoms with E-state index < -0.39 is 41.5 Å². The maximum Gasteiger partial charge on any atom is 0.275 e. The Labute approximate surface area is 266 Å². The third kappa shape index (κ3) is 6.15. The van der Waals surface area contributed by atoms with Crippen molar-refractivity contribution in [2.24, 2.45) is 0 Å². The molecule has 3 N–H and O–H groups in total. The highest BCUT2D eigenvalue weighted by atomic mass is 35.5. The smallest absolute Gasteiger partial charge is 0.275 e. The highest BCUT2D eigenvalue weighted by Crippen LogP contribution is 2.35. The van der Waals surface area contributed by atoms with Crippen LogP contribution in [0.3, 0.4) is 0 Å². The minimum atomic E-state index is -3.00. The predicted octanol–water partition coefficient (Wildman–Crippen LogP) is 3.73. The van der Waals surface area contributed by atoms with E-state index in [1.165, 1.54) is 6.20 Å². The van der Waals surface area contributed by atoms with Crippen LogP contribution in [0.15, 0.2) is 49.3 Å². The van der Waals surface area contributed by atoms with E-state index in [1.54, 1.807) is 23.3 Å². The van der Waals surface area contributed by atoms with Crippen LogP contribution in [0.1, 0.15) is 54.4 Å². The monoisotopic (exact) mass is 657 g/mol. The Bertz CT molecular complexity index is 1720. The van der Waals surface area contributed by atoms with E-state index in [9.17, 15) is 28.2 Å². The van der Waals surface area contributed by atoms with Crippen LogP contribution in [0.5, 0.6) is 0 Å². The summed E-state index contributed by atoms with van der Waals surface area (Å²) in [5.41, 5.74) is -0.523. The topological polar surface area (TPSA) is 145 Å². The minimum absolute atomic E-state index is 0.113. The summed E-state index contributed by atoms with van der Waals surface area (Å²) in [4.78, 5) is 34.3. The summed E-state index contributed by atoms with van der Waals surface area (Å²) in [6, 6.07) is 2.02. The lowest BCUT2D eigenvalue weighted by molar-refractivity contribution is 0.0572. The number of nitrogens with zero attached hydrogens (tertiary/aromatic N) is 8. The average molecular weight is 658 g/mol. The molecule has 2 aliphatic heterocycles. The fourth-order valence-corrected chi connectivity index (χ4v) is 5.95. The second-order valence-corrected chi connectivity index (χ2v) is 11.9. The highest BCUT2D eigenvalue weighted by molar-refractivity contribution is 6.31. The fourth-order valence-electron chi connectivity index (χ4n) is 5.79. The molecule has 0 spiro atoms. The summed E-state index contributed by atoms with van der Waals surface area (Å²) in [6.07, 6.45) is 5.18. The molecule has 0 saturated carbocycles. The van der Waals surface area contributed by atoms with Crippen molar-refractivity contribution in [3.05, 3.63) is 77.0 Å².